The molecule has 0 radical (unpaired) electrons. The monoisotopic (exact) mass is 174 g/mol. The van der Waals surface area contributed by atoms with E-state index < -0.39 is 24.2 Å². The van der Waals surface area contributed by atoms with Crippen LogP contribution in [0.5, 0.6) is 0 Å². The van der Waals surface area contributed by atoms with Crippen molar-refractivity contribution in [1.82, 2.24) is 0 Å². The highest BCUT2D eigenvalue weighted by Gasteiger charge is 2.39. The minimum Gasteiger partial charge on any atom is -0.467 e. The van der Waals surface area contributed by atoms with Crippen molar-refractivity contribution in [3.8, 4) is 0 Å². The summed E-state index contributed by atoms with van der Waals surface area (Å²) in [5, 5.41) is 0. The first-order chi connectivity index (χ1) is 6.02. The lowest BCUT2D eigenvalue weighted by molar-refractivity contribution is -0.151. The van der Waals surface area contributed by atoms with Crippen molar-refractivity contribution in [2.45, 2.75) is 32.2 Å². The number of rotatable bonds is 4. The Kier molecular flexibility index (Phi) is 3.22. The van der Waals surface area contributed by atoms with Gasteiger partial charge >= 0.3 is 5.97 Å². The third-order valence-electron chi connectivity index (χ3n) is 1.69. The lowest BCUT2D eigenvalue weighted by Gasteiger charge is -2.22. The number of methoxy groups -OCH3 is 1. The summed E-state index contributed by atoms with van der Waals surface area (Å²) in [4.78, 5) is 22.4. The zero-order valence-electron chi connectivity index (χ0n) is 8.42. The molecule has 0 aromatic heterocycles. The van der Waals surface area contributed by atoms with Gasteiger partial charge in [0.2, 0.25) is 0 Å². The van der Waals surface area contributed by atoms with Gasteiger partial charge in [0, 0.05) is 1.37 Å². The highest BCUT2D eigenvalue weighted by Crippen LogP contribution is 2.12. The molecule has 2 N–H and O–H groups in total. The van der Waals surface area contributed by atoms with Gasteiger partial charge in [-0.05, 0) is 13.3 Å². The number of hydrogen-bond donors (Lipinski definition) is 1. The van der Waals surface area contributed by atoms with Crippen LogP contribution in [0.2, 0.25) is 0 Å². The first-order valence-electron chi connectivity index (χ1n) is 4.43. The molecular formula is C8H15NO3. The predicted molar refractivity (Wildman–Crippen MR) is 44.5 cm³/mol. The van der Waals surface area contributed by atoms with Gasteiger partial charge in [-0.2, -0.15) is 0 Å². The molecule has 12 heavy (non-hydrogen) atoms. The molecule has 0 saturated heterocycles. The molecule has 0 aliphatic rings. The molecule has 0 aliphatic heterocycles. The van der Waals surface area contributed by atoms with Crippen molar-refractivity contribution in [1.29, 1.82) is 0 Å². The maximum absolute atomic E-state index is 11.2. The molecule has 4 heteroatoms. The largest absolute Gasteiger partial charge is 0.467 e. The lowest BCUT2D eigenvalue weighted by atomic mass is 9.91. The van der Waals surface area contributed by atoms with E-state index >= 15 is 0 Å². The number of ketones is 1. The number of carbonyl (C=O) groups excluding carboxylic acids is 2. The fourth-order valence-electron chi connectivity index (χ4n) is 0.932. The van der Waals surface area contributed by atoms with Crippen molar-refractivity contribution >= 4 is 11.8 Å². The average Bonchev–Trinajstić information content (AvgIpc) is 2.15. The molecule has 0 amide bonds. The van der Waals surface area contributed by atoms with Gasteiger partial charge in [0.25, 0.3) is 0 Å². The van der Waals surface area contributed by atoms with Crippen molar-refractivity contribution in [3.63, 3.8) is 0 Å². The SMILES string of the molecule is [2H]CC(=O)C(N)(CCC)C(=O)OC. The van der Waals surface area contributed by atoms with Crippen molar-refractivity contribution < 1.29 is 15.7 Å². The smallest absolute Gasteiger partial charge is 0.333 e. The molecule has 0 aliphatic carbocycles. The minimum absolute atomic E-state index is 0.220. The van der Waals surface area contributed by atoms with E-state index in [0.29, 0.717) is 6.42 Å². The number of carbonyl (C=O) groups is 2. The Morgan fingerprint density at radius 1 is 1.67 bits per heavy atom. The van der Waals surface area contributed by atoms with E-state index in [9.17, 15) is 9.59 Å². The molecule has 70 valence electrons. The molecule has 0 rings (SSSR count). The molecule has 0 heterocycles. The third-order valence-corrected chi connectivity index (χ3v) is 1.69. The number of esters is 1. The van der Waals surface area contributed by atoms with Gasteiger partial charge in [0.15, 0.2) is 11.3 Å². The van der Waals surface area contributed by atoms with Crippen molar-refractivity contribution in [2.24, 2.45) is 5.73 Å². The second-order valence-electron chi connectivity index (χ2n) is 2.64. The summed E-state index contributed by atoms with van der Waals surface area (Å²) in [6.45, 7) is 1.31. The summed E-state index contributed by atoms with van der Waals surface area (Å²) >= 11 is 0. The summed E-state index contributed by atoms with van der Waals surface area (Å²) in [5.41, 5.74) is 3.95. The van der Waals surface area contributed by atoms with E-state index in [1.165, 1.54) is 7.11 Å². The van der Waals surface area contributed by atoms with Crippen LogP contribution in [0.4, 0.5) is 0 Å². The molecule has 0 saturated carbocycles. The van der Waals surface area contributed by atoms with Gasteiger partial charge in [0.1, 0.15) is 0 Å². The normalized spacial score (nSPS) is 16.1. The van der Waals surface area contributed by atoms with Crippen LogP contribution in [0.15, 0.2) is 0 Å². The van der Waals surface area contributed by atoms with E-state index in [-0.39, 0.29) is 6.42 Å². The molecule has 1 unspecified atom stereocenters. The summed E-state index contributed by atoms with van der Waals surface area (Å²) < 4.78 is 11.3. The van der Waals surface area contributed by atoms with E-state index in [1.54, 1.807) is 0 Å². The first-order valence-corrected chi connectivity index (χ1v) is 3.72. The van der Waals surface area contributed by atoms with E-state index in [4.69, 9.17) is 7.10 Å². The third kappa shape index (κ3) is 2.04. The van der Waals surface area contributed by atoms with Crippen LogP contribution in [0.25, 0.3) is 0 Å². The van der Waals surface area contributed by atoms with Gasteiger partial charge < -0.3 is 10.5 Å². The number of nitrogens with two attached hydrogens (primary N) is 1. The Balaban J connectivity index is 4.71. The van der Waals surface area contributed by atoms with Gasteiger partial charge in [-0.1, -0.05) is 13.3 Å². The summed E-state index contributed by atoms with van der Waals surface area (Å²) in [6, 6.07) is 0. The van der Waals surface area contributed by atoms with Crippen LogP contribution in [-0.2, 0) is 14.3 Å². The molecular weight excluding hydrogens is 158 g/mol. The Bertz CT molecular complexity index is 190. The predicted octanol–water partition coefficient (Wildman–Crippen LogP) is 0.246. The fourth-order valence-corrected chi connectivity index (χ4v) is 0.932. The summed E-state index contributed by atoms with van der Waals surface area (Å²) in [6.07, 6.45) is 0.814. The zero-order valence-corrected chi connectivity index (χ0v) is 7.42. The molecule has 0 aromatic rings. The topological polar surface area (TPSA) is 69.4 Å². The Morgan fingerprint density at radius 3 is 2.58 bits per heavy atom. The lowest BCUT2D eigenvalue weighted by Crippen LogP contribution is -2.54. The second kappa shape index (κ2) is 4.21. The Hall–Kier alpha value is -0.900. The second-order valence-corrected chi connectivity index (χ2v) is 2.64. The van der Waals surface area contributed by atoms with Crippen LogP contribution in [-0.4, -0.2) is 24.4 Å². The number of Topliss-reactive ketones (excluding diaryl/α,β-unsaturated/α-hetero) is 1. The molecule has 4 nitrogen and oxygen atoms in total. The van der Waals surface area contributed by atoms with E-state index in [2.05, 4.69) is 4.74 Å². The zero-order chi connectivity index (χ0) is 10.5. The fraction of sp³-hybridized carbons (Fsp3) is 0.750. The highest BCUT2D eigenvalue weighted by atomic mass is 16.5. The molecule has 0 spiro atoms. The van der Waals surface area contributed by atoms with Gasteiger partial charge in [-0.15, -0.1) is 0 Å². The van der Waals surface area contributed by atoms with Crippen LogP contribution in [0.1, 0.15) is 28.0 Å². The summed E-state index contributed by atoms with van der Waals surface area (Å²) in [5.74, 6) is -1.35. The Labute approximate surface area is 73.5 Å². The number of ether oxygens (including phenoxy) is 1. The Morgan fingerprint density at radius 2 is 2.25 bits per heavy atom. The van der Waals surface area contributed by atoms with Crippen molar-refractivity contribution in [2.75, 3.05) is 7.11 Å². The first kappa shape index (κ1) is 9.19. The molecule has 0 aromatic carbocycles. The van der Waals surface area contributed by atoms with Crippen LogP contribution in [0, 0.1) is 0 Å². The van der Waals surface area contributed by atoms with Gasteiger partial charge in [-0.3, -0.25) is 4.79 Å². The van der Waals surface area contributed by atoms with Gasteiger partial charge in [-0.25, -0.2) is 4.79 Å². The average molecular weight is 174 g/mol. The summed E-state index contributed by atoms with van der Waals surface area (Å²) in [7, 11) is 1.18. The van der Waals surface area contributed by atoms with Crippen molar-refractivity contribution in [3.05, 3.63) is 0 Å². The number of hydrogen-bond acceptors (Lipinski definition) is 4. The molecule has 1 atom stereocenters. The minimum atomic E-state index is -1.62. The van der Waals surface area contributed by atoms with Crippen LogP contribution >= 0.6 is 0 Å². The maximum atomic E-state index is 11.2. The molecule has 0 bridgehead atoms. The maximum Gasteiger partial charge on any atom is 0.333 e. The van der Waals surface area contributed by atoms with E-state index in [1.807, 2.05) is 6.92 Å². The highest BCUT2D eigenvalue weighted by molar-refractivity contribution is 6.07. The molecule has 0 fully saturated rings. The van der Waals surface area contributed by atoms with Crippen LogP contribution in [0.3, 0.4) is 0 Å². The van der Waals surface area contributed by atoms with Crippen LogP contribution < -0.4 is 5.73 Å². The van der Waals surface area contributed by atoms with Gasteiger partial charge in [0.05, 0.1) is 7.11 Å². The van der Waals surface area contributed by atoms with E-state index in [0.717, 1.165) is 0 Å². The standard InChI is InChI=1S/C8H15NO3/c1-4-5-8(9,6(2)10)7(11)12-3/h4-5,9H2,1-3H3/i2D. The quantitative estimate of drug-likeness (QED) is 0.490.